The van der Waals surface area contributed by atoms with Crippen LogP contribution < -0.4 is 88.7 Å². The van der Waals surface area contributed by atoms with E-state index in [2.05, 4.69) is 4.37 Å². The van der Waals surface area contributed by atoms with Crippen LogP contribution in [-0.4, -0.2) is 4.37 Å². The van der Waals surface area contributed by atoms with Crippen molar-refractivity contribution in [3.8, 4) is 0 Å². The van der Waals surface area contributed by atoms with Gasteiger partial charge in [0, 0.05) is 11.6 Å². The van der Waals surface area contributed by atoms with Crippen molar-refractivity contribution in [3.63, 3.8) is 0 Å². The van der Waals surface area contributed by atoms with Crippen molar-refractivity contribution in [1.29, 1.82) is 0 Å². The average molecular weight is 157 g/mol. The average Bonchev–Trinajstić information content (AvgIpc) is 1.76. The minimum atomic E-state index is 0. The number of hydrogen-bond donors (Lipinski definition) is 0. The Morgan fingerprint density at radius 1 is 1.25 bits per heavy atom. The Kier molecular flexibility index (Phi) is 26.1. The maximum atomic E-state index is 3.76. The van der Waals surface area contributed by atoms with Gasteiger partial charge in [-0.1, -0.05) is 0 Å². The van der Waals surface area contributed by atoms with Crippen LogP contribution in [0.15, 0.2) is 17.6 Å². The molecule has 0 aromatic carbocycles. The zero-order chi connectivity index (χ0) is 3.54. The fourth-order valence-electron chi connectivity index (χ4n) is 0.176. The van der Waals surface area contributed by atoms with E-state index in [0.29, 0.717) is 0 Å². The molecule has 0 aliphatic carbocycles. The molecule has 0 N–H and O–H groups in total. The predicted octanol–water partition coefficient (Wildman–Crippen LogP) is -7.51. The summed E-state index contributed by atoms with van der Waals surface area (Å²) in [5, 5.41) is 1.93. The zero-order valence-corrected chi connectivity index (χ0v) is 12.4. The van der Waals surface area contributed by atoms with Crippen LogP contribution in [0.25, 0.3) is 0 Å². The standard InChI is InChI=1S/C3H3NS.3Na.3H/c1-2-4-5-3-1;;;;;;/h1-3H;;;;;;/q;3*+1;3*-1. The van der Waals surface area contributed by atoms with E-state index in [1.54, 1.807) is 6.20 Å². The van der Waals surface area contributed by atoms with Gasteiger partial charge in [-0.05, 0) is 17.6 Å². The molecule has 1 nitrogen and oxygen atoms in total. The van der Waals surface area contributed by atoms with Gasteiger partial charge in [0.15, 0.2) is 0 Å². The fraction of sp³-hybridized carbons (Fsp3) is 0. The summed E-state index contributed by atoms with van der Waals surface area (Å²) in [5.41, 5.74) is 0. The molecule has 0 atom stereocenters. The largest absolute Gasteiger partial charge is 1.00 e. The van der Waals surface area contributed by atoms with Crippen molar-refractivity contribution in [2.24, 2.45) is 0 Å². The molecular weight excluding hydrogens is 151 g/mol. The van der Waals surface area contributed by atoms with Crippen LogP contribution in [0.1, 0.15) is 4.28 Å². The molecule has 1 aromatic heterocycles. The normalized spacial score (nSPS) is 5.00. The van der Waals surface area contributed by atoms with Gasteiger partial charge in [0.25, 0.3) is 0 Å². The molecular formula is C3H6NNa3S. The molecule has 0 radical (unpaired) electrons. The van der Waals surface area contributed by atoms with Crippen LogP contribution >= 0.6 is 11.5 Å². The molecule has 0 bridgehead atoms. The third-order valence-corrected chi connectivity index (χ3v) is 0.869. The van der Waals surface area contributed by atoms with Gasteiger partial charge in [-0.3, -0.25) is 0 Å². The van der Waals surface area contributed by atoms with Crippen LogP contribution in [0.4, 0.5) is 0 Å². The SMILES string of the molecule is [H-].[H-].[H-].[Na+].[Na+].[Na+].c1cnsc1. The molecule has 0 spiro atoms. The second kappa shape index (κ2) is 12.3. The van der Waals surface area contributed by atoms with E-state index in [9.17, 15) is 0 Å². The van der Waals surface area contributed by atoms with Crippen LogP contribution in [0.2, 0.25) is 0 Å². The minimum Gasteiger partial charge on any atom is -1.00 e. The molecule has 8 heavy (non-hydrogen) atoms. The van der Waals surface area contributed by atoms with Crippen molar-refractivity contribution < 1.29 is 93.0 Å². The topological polar surface area (TPSA) is 12.9 Å². The van der Waals surface area contributed by atoms with Gasteiger partial charge in [-0.2, -0.15) is 0 Å². The van der Waals surface area contributed by atoms with Crippen LogP contribution in [0.5, 0.6) is 0 Å². The summed E-state index contributed by atoms with van der Waals surface area (Å²) >= 11 is 1.46. The van der Waals surface area contributed by atoms with Gasteiger partial charge >= 0.3 is 88.7 Å². The van der Waals surface area contributed by atoms with Gasteiger partial charge in [0.2, 0.25) is 0 Å². The van der Waals surface area contributed by atoms with Crippen molar-refractivity contribution in [1.82, 2.24) is 4.37 Å². The summed E-state index contributed by atoms with van der Waals surface area (Å²) in [6.45, 7) is 0. The number of aromatic nitrogens is 1. The molecule has 0 unspecified atom stereocenters. The van der Waals surface area contributed by atoms with Gasteiger partial charge < -0.3 is 4.28 Å². The third kappa shape index (κ3) is 8.63. The Labute approximate surface area is 124 Å². The zero-order valence-electron chi connectivity index (χ0n) is 8.59. The first-order valence-electron chi connectivity index (χ1n) is 1.34. The molecule has 0 amide bonds. The summed E-state index contributed by atoms with van der Waals surface area (Å²) in [7, 11) is 0. The van der Waals surface area contributed by atoms with E-state index < -0.39 is 0 Å². The van der Waals surface area contributed by atoms with Crippen LogP contribution in [0, 0.1) is 0 Å². The smallest absolute Gasteiger partial charge is 1.00 e. The fourth-order valence-corrected chi connectivity index (χ4v) is 0.527. The van der Waals surface area contributed by atoms with Gasteiger partial charge in [0.1, 0.15) is 0 Å². The van der Waals surface area contributed by atoms with Crippen LogP contribution in [0.3, 0.4) is 0 Å². The van der Waals surface area contributed by atoms with Crippen molar-refractivity contribution in [2.45, 2.75) is 0 Å². The summed E-state index contributed by atoms with van der Waals surface area (Å²) in [6, 6.07) is 1.91. The first-order valence-corrected chi connectivity index (χ1v) is 2.18. The minimum absolute atomic E-state index is 0. The van der Waals surface area contributed by atoms with E-state index in [-0.39, 0.29) is 93.0 Å². The molecule has 0 saturated carbocycles. The molecule has 1 aromatic rings. The Bertz CT molecular complexity index is 80.3. The summed E-state index contributed by atoms with van der Waals surface area (Å²) < 4.78 is 3.76. The Balaban J connectivity index is -0.0000000104. The van der Waals surface area contributed by atoms with Crippen molar-refractivity contribution in [2.75, 3.05) is 0 Å². The van der Waals surface area contributed by atoms with Crippen molar-refractivity contribution >= 4 is 11.5 Å². The number of nitrogens with zero attached hydrogens (tertiary/aromatic N) is 1. The molecule has 0 aliphatic rings. The molecule has 0 aliphatic heterocycles. The van der Waals surface area contributed by atoms with Crippen molar-refractivity contribution in [3.05, 3.63) is 17.6 Å². The van der Waals surface area contributed by atoms with E-state index in [0.717, 1.165) is 0 Å². The first-order chi connectivity index (χ1) is 2.50. The van der Waals surface area contributed by atoms with Gasteiger partial charge in [-0.25, -0.2) is 4.37 Å². The summed E-state index contributed by atoms with van der Waals surface area (Å²) in [5.74, 6) is 0. The second-order valence-corrected chi connectivity index (χ2v) is 1.38. The molecule has 32 valence electrons. The number of hydrogen-bond acceptors (Lipinski definition) is 2. The Morgan fingerprint density at radius 2 is 1.88 bits per heavy atom. The first kappa shape index (κ1) is 16.9. The third-order valence-electron chi connectivity index (χ3n) is 0.347. The summed E-state index contributed by atoms with van der Waals surface area (Å²) in [6.07, 6.45) is 1.77. The van der Waals surface area contributed by atoms with Crippen LogP contribution in [-0.2, 0) is 0 Å². The Hall–Kier alpha value is 2.63. The van der Waals surface area contributed by atoms with E-state index >= 15 is 0 Å². The van der Waals surface area contributed by atoms with E-state index in [4.69, 9.17) is 0 Å². The summed E-state index contributed by atoms with van der Waals surface area (Å²) in [4.78, 5) is 0. The Morgan fingerprint density at radius 3 is 2.00 bits per heavy atom. The second-order valence-electron chi connectivity index (χ2n) is 0.688. The predicted molar refractivity (Wildman–Crippen MR) is 25.4 cm³/mol. The molecule has 0 fully saturated rings. The molecule has 1 heterocycles. The molecule has 5 heteroatoms. The maximum Gasteiger partial charge on any atom is 1.00 e. The monoisotopic (exact) mass is 157 g/mol. The van der Waals surface area contributed by atoms with Gasteiger partial charge in [0.05, 0.1) is 0 Å². The van der Waals surface area contributed by atoms with E-state index in [1.165, 1.54) is 11.5 Å². The molecule has 1 rings (SSSR count). The molecule has 0 saturated heterocycles. The maximum absolute atomic E-state index is 3.76. The van der Waals surface area contributed by atoms with Gasteiger partial charge in [-0.15, -0.1) is 0 Å². The van der Waals surface area contributed by atoms with E-state index in [1.807, 2.05) is 11.4 Å². The quantitative estimate of drug-likeness (QED) is 0.341. The number of rotatable bonds is 0.